The predicted molar refractivity (Wildman–Crippen MR) is 135 cm³/mol. The van der Waals surface area contributed by atoms with Gasteiger partial charge in [-0.2, -0.15) is 29.2 Å². The van der Waals surface area contributed by atoms with Gasteiger partial charge in [0.2, 0.25) is 15.9 Å². The standard InChI is InChI=1S/C25H36F3N3O3S2/c1-2-4-22(29-13-15-35-16-14-29)18-24(32)30-11-9-21(10-12-30)31(20-7-8-20)36(33,34)23-6-3-5-19(17-23)25(26,27)28/h3,5-6,17,20-22H,2,4,7-16,18H2,1H3. The molecule has 1 unspecified atom stereocenters. The molecule has 0 spiro atoms. The molecule has 1 aliphatic carbocycles. The molecule has 0 bridgehead atoms. The van der Waals surface area contributed by atoms with Gasteiger partial charge in [0.25, 0.3) is 0 Å². The van der Waals surface area contributed by atoms with Crippen molar-refractivity contribution in [3.63, 3.8) is 0 Å². The van der Waals surface area contributed by atoms with E-state index in [0.29, 0.717) is 45.2 Å². The van der Waals surface area contributed by atoms with Gasteiger partial charge in [0.05, 0.1) is 10.5 Å². The van der Waals surface area contributed by atoms with E-state index in [9.17, 15) is 26.4 Å². The third-order valence-electron chi connectivity index (χ3n) is 7.41. The summed E-state index contributed by atoms with van der Waals surface area (Å²) in [7, 11) is -4.08. The number of halogens is 3. The van der Waals surface area contributed by atoms with Gasteiger partial charge in [-0.1, -0.05) is 19.4 Å². The minimum atomic E-state index is -4.61. The Morgan fingerprint density at radius 2 is 1.72 bits per heavy atom. The van der Waals surface area contributed by atoms with Gasteiger partial charge in [-0.05, 0) is 50.3 Å². The molecule has 11 heteroatoms. The molecule has 202 valence electrons. The lowest BCUT2D eigenvalue weighted by atomic mass is 10.0. The second kappa shape index (κ2) is 11.6. The summed E-state index contributed by atoms with van der Waals surface area (Å²) in [5.41, 5.74) is -0.964. The van der Waals surface area contributed by atoms with E-state index in [1.165, 1.54) is 10.4 Å². The molecular weight excluding hydrogens is 511 g/mol. The van der Waals surface area contributed by atoms with Crippen molar-refractivity contribution in [1.29, 1.82) is 0 Å². The minimum absolute atomic E-state index is 0.115. The van der Waals surface area contributed by atoms with Crippen molar-refractivity contribution in [2.45, 2.75) is 81.1 Å². The first kappa shape index (κ1) is 27.7. The molecule has 1 amide bonds. The van der Waals surface area contributed by atoms with E-state index in [1.807, 2.05) is 16.7 Å². The number of alkyl halides is 3. The smallest absolute Gasteiger partial charge is 0.343 e. The Morgan fingerprint density at radius 3 is 2.31 bits per heavy atom. The maximum absolute atomic E-state index is 13.5. The van der Waals surface area contributed by atoms with Crippen molar-refractivity contribution < 1.29 is 26.4 Å². The Balaban J connectivity index is 1.41. The maximum atomic E-state index is 13.5. The van der Waals surface area contributed by atoms with Crippen LogP contribution in [0.4, 0.5) is 13.2 Å². The zero-order valence-corrected chi connectivity index (χ0v) is 22.4. The van der Waals surface area contributed by atoms with E-state index in [2.05, 4.69) is 11.8 Å². The van der Waals surface area contributed by atoms with Crippen molar-refractivity contribution >= 4 is 27.7 Å². The fourth-order valence-electron chi connectivity index (χ4n) is 5.36. The molecule has 2 aliphatic heterocycles. The molecule has 0 aromatic heterocycles. The van der Waals surface area contributed by atoms with Crippen LogP contribution >= 0.6 is 11.8 Å². The highest BCUT2D eigenvalue weighted by atomic mass is 32.2. The second-order valence-corrected chi connectivity index (χ2v) is 13.1. The van der Waals surface area contributed by atoms with Gasteiger partial charge < -0.3 is 4.90 Å². The van der Waals surface area contributed by atoms with Crippen molar-refractivity contribution in [1.82, 2.24) is 14.1 Å². The van der Waals surface area contributed by atoms with E-state index in [1.54, 1.807) is 0 Å². The third-order valence-corrected chi connectivity index (χ3v) is 10.4. The van der Waals surface area contributed by atoms with Crippen LogP contribution in [0.15, 0.2) is 29.2 Å². The highest BCUT2D eigenvalue weighted by Gasteiger charge is 2.44. The second-order valence-electron chi connectivity index (χ2n) is 10.00. The first-order valence-corrected chi connectivity index (χ1v) is 15.5. The monoisotopic (exact) mass is 547 g/mol. The molecule has 0 N–H and O–H groups in total. The SMILES string of the molecule is CCCC(CC(=O)N1CCC(N(C2CC2)S(=O)(=O)c2cccc(C(F)(F)F)c2)CC1)N1CCSCC1. The molecule has 4 rings (SSSR count). The Morgan fingerprint density at radius 1 is 1.08 bits per heavy atom. The topological polar surface area (TPSA) is 60.9 Å². The van der Waals surface area contributed by atoms with Crippen LogP contribution in [0, 0.1) is 0 Å². The Bertz CT molecular complexity index is 1000. The summed E-state index contributed by atoms with van der Waals surface area (Å²) in [5, 5.41) is 0. The lowest BCUT2D eigenvalue weighted by Crippen LogP contribution is -2.50. The summed E-state index contributed by atoms with van der Waals surface area (Å²) in [5.74, 6) is 2.30. The highest BCUT2D eigenvalue weighted by molar-refractivity contribution is 7.99. The number of likely N-dealkylation sites (tertiary alicyclic amines) is 1. The molecule has 2 saturated heterocycles. The fourth-order valence-corrected chi connectivity index (χ4v) is 8.27. The average molecular weight is 548 g/mol. The quantitative estimate of drug-likeness (QED) is 0.457. The number of sulfonamides is 1. The van der Waals surface area contributed by atoms with Crippen LogP contribution in [0.3, 0.4) is 0 Å². The van der Waals surface area contributed by atoms with Crippen LogP contribution in [0.25, 0.3) is 0 Å². The molecule has 0 radical (unpaired) electrons. The van der Waals surface area contributed by atoms with Crippen molar-refractivity contribution in [3.05, 3.63) is 29.8 Å². The number of hydrogen-bond donors (Lipinski definition) is 0. The van der Waals surface area contributed by atoms with Gasteiger partial charge >= 0.3 is 6.18 Å². The number of piperidine rings is 1. The van der Waals surface area contributed by atoms with Crippen LogP contribution in [0.5, 0.6) is 0 Å². The Kier molecular flexibility index (Phi) is 8.95. The normalized spacial score (nSPS) is 21.6. The van der Waals surface area contributed by atoms with E-state index in [4.69, 9.17) is 0 Å². The summed E-state index contributed by atoms with van der Waals surface area (Å²) < 4.78 is 68.0. The lowest BCUT2D eigenvalue weighted by molar-refractivity contribution is -0.137. The number of carbonyl (C=O) groups is 1. The number of thioether (sulfide) groups is 1. The zero-order chi connectivity index (χ0) is 25.9. The van der Waals surface area contributed by atoms with Gasteiger partial charge in [0.15, 0.2) is 0 Å². The first-order chi connectivity index (χ1) is 17.1. The van der Waals surface area contributed by atoms with Gasteiger partial charge in [-0.3, -0.25) is 9.69 Å². The van der Waals surface area contributed by atoms with Crippen molar-refractivity contribution in [2.75, 3.05) is 37.7 Å². The number of hydrogen-bond acceptors (Lipinski definition) is 5. The number of carbonyl (C=O) groups excluding carboxylic acids is 1. The minimum Gasteiger partial charge on any atom is -0.343 e. The van der Waals surface area contributed by atoms with Crippen LogP contribution in [0.2, 0.25) is 0 Å². The summed E-state index contributed by atoms with van der Waals surface area (Å²) in [4.78, 5) is 17.1. The van der Waals surface area contributed by atoms with Gasteiger partial charge in [-0.15, -0.1) is 0 Å². The predicted octanol–water partition coefficient (Wildman–Crippen LogP) is 4.46. The molecule has 1 saturated carbocycles. The Labute approximate surface area is 216 Å². The highest BCUT2D eigenvalue weighted by Crippen LogP contribution is 2.38. The van der Waals surface area contributed by atoms with Crippen LogP contribution in [-0.4, -0.2) is 84.2 Å². The van der Waals surface area contributed by atoms with Crippen molar-refractivity contribution in [3.8, 4) is 0 Å². The maximum Gasteiger partial charge on any atom is 0.416 e. The fraction of sp³-hybridized carbons (Fsp3) is 0.720. The molecule has 6 nitrogen and oxygen atoms in total. The first-order valence-electron chi connectivity index (χ1n) is 12.9. The molecular formula is C25H36F3N3O3S2. The van der Waals surface area contributed by atoms with Crippen LogP contribution in [-0.2, 0) is 21.0 Å². The molecule has 2 heterocycles. The molecule has 1 aromatic carbocycles. The summed E-state index contributed by atoms with van der Waals surface area (Å²) in [6, 6.07) is 3.76. The van der Waals surface area contributed by atoms with Crippen LogP contribution in [0.1, 0.15) is 57.4 Å². The average Bonchev–Trinajstić information content (AvgIpc) is 3.69. The Hall–Kier alpha value is -1.30. The molecule has 1 aromatic rings. The number of rotatable bonds is 9. The van der Waals surface area contributed by atoms with Gasteiger partial charge in [0.1, 0.15) is 0 Å². The summed E-state index contributed by atoms with van der Waals surface area (Å²) in [6.07, 6.45) is 0.306. The molecule has 36 heavy (non-hydrogen) atoms. The number of nitrogens with zero attached hydrogens (tertiary/aromatic N) is 3. The van der Waals surface area contributed by atoms with E-state index < -0.39 is 21.8 Å². The van der Waals surface area contributed by atoms with Gasteiger partial charge in [0, 0.05) is 62.2 Å². The lowest BCUT2D eigenvalue weighted by Gasteiger charge is -2.39. The van der Waals surface area contributed by atoms with Crippen molar-refractivity contribution in [2.24, 2.45) is 0 Å². The zero-order valence-electron chi connectivity index (χ0n) is 20.8. The summed E-state index contributed by atoms with van der Waals surface area (Å²) >= 11 is 1.95. The largest absolute Gasteiger partial charge is 0.416 e. The van der Waals surface area contributed by atoms with Gasteiger partial charge in [-0.25, -0.2) is 8.42 Å². The van der Waals surface area contributed by atoms with E-state index in [0.717, 1.165) is 55.6 Å². The van der Waals surface area contributed by atoms with E-state index >= 15 is 0 Å². The summed E-state index contributed by atoms with van der Waals surface area (Å²) in [6.45, 7) is 5.10. The van der Waals surface area contributed by atoms with Crippen LogP contribution < -0.4 is 0 Å². The number of benzene rings is 1. The van der Waals surface area contributed by atoms with E-state index in [-0.39, 0.29) is 28.9 Å². The molecule has 3 aliphatic rings. The molecule has 3 fully saturated rings. The number of amides is 1. The molecule has 1 atom stereocenters. The third kappa shape index (κ3) is 6.57.